The minimum atomic E-state index is -3.93. The Balaban J connectivity index is 2.06. The molecule has 3 rings (SSSR count). The Morgan fingerprint density at radius 3 is 2.59 bits per heavy atom. The second-order valence-electron chi connectivity index (χ2n) is 9.95. The summed E-state index contributed by atoms with van der Waals surface area (Å²) in [5.74, 6) is -0.774. The second kappa shape index (κ2) is 12.2. The largest absolute Gasteiger partial charge is 0.453 e. The number of carbonyl (C=O) groups excluding carboxylic acids is 1. The Bertz CT molecular complexity index is 1470. The fourth-order valence-corrected chi connectivity index (χ4v) is 5.89. The fourth-order valence-electron chi connectivity index (χ4n) is 3.55. The van der Waals surface area contributed by atoms with Crippen LogP contribution < -0.4 is 10.6 Å². The average molecular weight is 577 g/mol. The van der Waals surface area contributed by atoms with Crippen molar-refractivity contribution in [2.75, 3.05) is 24.7 Å². The number of anilines is 1. The highest BCUT2D eigenvalue weighted by molar-refractivity contribution is 8.06. The number of aromatic nitrogens is 3. The van der Waals surface area contributed by atoms with Crippen LogP contribution in [0.15, 0.2) is 30.5 Å². The molecule has 0 bridgehead atoms. The zero-order chi connectivity index (χ0) is 29.0. The van der Waals surface area contributed by atoms with Gasteiger partial charge < -0.3 is 15.4 Å². The maximum Gasteiger partial charge on any atom is 0.407 e. The Kier molecular flexibility index (Phi) is 9.38. The highest BCUT2D eigenvalue weighted by Gasteiger charge is 2.28. The van der Waals surface area contributed by atoms with Crippen LogP contribution in [-0.2, 0) is 20.0 Å². The van der Waals surface area contributed by atoms with Gasteiger partial charge in [-0.05, 0) is 31.5 Å². The van der Waals surface area contributed by atoms with Gasteiger partial charge in [0.1, 0.15) is 5.82 Å². The monoisotopic (exact) mass is 576 g/mol. The summed E-state index contributed by atoms with van der Waals surface area (Å²) in [6.07, 6.45) is 1.32. The molecule has 0 fully saturated rings. The molecular weight excluding hydrogens is 543 g/mol. The number of amides is 1. The number of hydrogen-bond acceptors (Lipinski definition) is 10. The van der Waals surface area contributed by atoms with Gasteiger partial charge in [0.15, 0.2) is 14.9 Å². The number of ether oxygens (including phenoxy) is 1. The van der Waals surface area contributed by atoms with E-state index in [0.29, 0.717) is 35.2 Å². The van der Waals surface area contributed by atoms with Crippen LogP contribution in [0.3, 0.4) is 0 Å². The lowest BCUT2D eigenvalue weighted by molar-refractivity contribution is 0.168. The number of halogens is 1. The van der Waals surface area contributed by atoms with Crippen molar-refractivity contribution in [3.05, 3.63) is 46.9 Å². The van der Waals surface area contributed by atoms with Crippen molar-refractivity contribution in [3.8, 4) is 21.8 Å². The number of alkyl carbamates (subject to hydrolysis) is 1. The topological polar surface area (TPSA) is 147 Å². The first-order valence-corrected chi connectivity index (χ1v) is 14.8. The number of rotatable bonds is 9. The SMILES string of the molecule is CCCS(=O)(=O)C(=N)c1cccc(-c2nc(C(C)(C)C)sc2-c2ccnc(NC[C@H](C)NC(=O)OC)n2)c1F. The number of thiazole rings is 1. The third-order valence-corrected chi connectivity index (χ3v) is 8.85. The minimum absolute atomic E-state index is 0.0784. The second-order valence-corrected chi connectivity index (χ2v) is 13.0. The van der Waals surface area contributed by atoms with Crippen molar-refractivity contribution >= 4 is 38.3 Å². The lowest BCUT2D eigenvalue weighted by Gasteiger charge is -2.14. The normalized spacial score (nSPS) is 12.6. The summed E-state index contributed by atoms with van der Waals surface area (Å²) in [7, 11) is -2.65. The Morgan fingerprint density at radius 2 is 1.95 bits per heavy atom. The fraction of sp³-hybridized carbons (Fsp3) is 0.423. The lowest BCUT2D eigenvalue weighted by Crippen LogP contribution is -2.37. The molecule has 2 aromatic heterocycles. The van der Waals surface area contributed by atoms with Crippen molar-refractivity contribution in [2.24, 2.45) is 0 Å². The van der Waals surface area contributed by atoms with E-state index < -0.39 is 26.8 Å². The minimum Gasteiger partial charge on any atom is -0.453 e. The molecule has 0 saturated carbocycles. The first-order chi connectivity index (χ1) is 18.3. The van der Waals surface area contributed by atoms with Crippen LogP contribution in [0.5, 0.6) is 0 Å². The molecule has 1 amide bonds. The van der Waals surface area contributed by atoms with Gasteiger partial charge in [-0.25, -0.2) is 32.6 Å². The number of nitrogens with zero attached hydrogens (tertiary/aromatic N) is 3. The molecule has 39 heavy (non-hydrogen) atoms. The molecular formula is C26H33FN6O4S2. The Morgan fingerprint density at radius 1 is 1.23 bits per heavy atom. The van der Waals surface area contributed by atoms with E-state index in [1.807, 2.05) is 20.8 Å². The molecule has 10 nitrogen and oxygen atoms in total. The smallest absolute Gasteiger partial charge is 0.407 e. The molecule has 1 atom stereocenters. The summed E-state index contributed by atoms with van der Waals surface area (Å²) in [6, 6.07) is 5.74. The molecule has 2 heterocycles. The molecule has 3 N–H and O–H groups in total. The first-order valence-electron chi connectivity index (χ1n) is 12.3. The zero-order valence-corrected chi connectivity index (χ0v) is 24.4. The molecule has 1 aromatic carbocycles. The molecule has 0 spiro atoms. The van der Waals surface area contributed by atoms with Crippen molar-refractivity contribution in [2.45, 2.75) is 52.5 Å². The molecule has 0 aliphatic carbocycles. The molecule has 0 aliphatic heterocycles. The van der Waals surface area contributed by atoms with Gasteiger partial charge in [0.2, 0.25) is 5.95 Å². The summed E-state index contributed by atoms with van der Waals surface area (Å²) in [5.41, 5.74) is 0.216. The molecule has 0 radical (unpaired) electrons. The van der Waals surface area contributed by atoms with E-state index in [2.05, 4.69) is 25.3 Å². The summed E-state index contributed by atoms with van der Waals surface area (Å²) >= 11 is 1.35. The van der Waals surface area contributed by atoms with Crippen LogP contribution >= 0.6 is 11.3 Å². The zero-order valence-electron chi connectivity index (χ0n) is 22.8. The predicted molar refractivity (Wildman–Crippen MR) is 152 cm³/mol. The predicted octanol–water partition coefficient (Wildman–Crippen LogP) is 5.01. The number of hydrogen-bond donors (Lipinski definition) is 3. The standard InChI is InChI=1S/C26H33FN6O4S2/c1-7-13-39(35,36)22(28)17-10-8-9-16(19(17)27)20-21(38-23(33-20)26(3,4)5)18-11-12-29-24(32-18)30-14-15(2)31-25(34)37-6/h8-12,15,28H,7,13-14H2,1-6H3,(H,31,34)(H,29,30,32)/t15-/m0/s1. The van der Waals surface area contributed by atoms with E-state index >= 15 is 4.39 Å². The Hall–Kier alpha value is -3.45. The molecule has 210 valence electrons. The molecule has 0 unspecified atom stereocenters. The molecule has 13 heteroatoms. The molecule has 0 aliphatic rings. The van der Waals surface area contributed by atoms with E-state index in [9.17, 15) is 13.2 Å². The maximum atomic E-state index is 15.9. The Labute approximate surface area is 231 Å². The maximum absolute atomic E-state index is 15.9. The highest BCUT2D eigenvalue weighted by Crippen LogP contribution is 2.41. The molecule has 0 saturated heterocycles. The van der Waals surface area contributed by atoms with Crippen LogP contribution in [0.25, 0.3) is 21.8 Å². The van der Waals surface area contributed by atoms with Crippen molar-refractivity contribution in [1.82, 2.24) is 20.3 Å². The van der Waals surface area contributed by atoms with E-state index in [4.69, 9.17) is 10.4 Å². The van der Waals surface area contributed by atoms with Crippen LogP contribution in [0.4, 0.5) is 15.1 Å². The average Bonchev–Trinajstić information content (AvgIpc) is 3.33. The highest BCUT2D eigenvalue weighted by atomic mass is 32.2. The van der Waals surface area contributed by atoms with Crippen LogP contribution in [0.1, 0.15) is 51.6 Å². The first kappa shape index (κ1) is 30.1. The van der Waals surface area contributed by atoms with Gasteiger partial charge in [0, 0.05) is 35.3 Å². The number of benzene rings is 1. The van der Waals surface area contributed by atoms with Gasteiger partial charge in [-0.3, -0.25) is 5.41 Å². The van der Waals surface area contributed by atoms with Crippen LogP contribution in [-0.4, -0.2) is 60.0 Å². The number of sulfone groups is 1. The number of carbonyl (C=O) groups is 1. The van der Waals surface area contributed by atoms with Crippen molar-refractivity contribution < 1.29 is 22.3 Å². The van der Waals surface area contributed by atoms with E-state index in [1.54, 1.807) is 26.1 Å². The van der Waals surface area contributed by atoms with Gasteiger partial charge in [-0.15, -0.1) is 11.3 Å². The third-order valence-electron chi connectivity index (χ3n) is 5.56. The summed E-state index contributed by atoms with van der Waals surface area (Å²) in [5, 5.41) is 13.9. The van der Waals surface area contributed by atoms with Crippen molar-refractivity contribution in [1.29, 1.82) is 5.41 Å². The van der Waals surface area contributed by atoms with Gasteiger partial charge >= 0.3 is 6.09 Å². The van der Waals surface area contributed by atoms with Gasteiger partial charge in [-0.2, -0.15) is 0 Å². The van der Waals surface area contributed by atoms with Crippen LogP contribution in [0, 0.1) is 11.2 Å². The van der Waals surface area contributed by atoms with E-state index in [-0.39, 0.29) is 28.3 Å². The van der Waals surface area contributed by atoms with Gasteiger partial charge in [-0.1, -0.05) is 33.8 Å². The quantitative estimate of drug-likeness (QED) is 0.238. The van der Waals surface area contributed by atoms with Gasteiger partial charge in [0.05, 0.1) is 34.1 Å². The summed E-state index contributed by atoms with van der Waals surface area (Å²) in [6.45, 7) is 9.77. The number of nitrogens with one attached hydrogen (secondary N) is 3. The van der Waals surface area contributed by atoms with Crippen LogP contribution in [0.2, 0.25) is 0 Å². The summed E-state index contributed by atoms with van der Waals surface area (Å²) < 4.78 is 45.5. The summed E-state index contributed by atoms with van der Waals surface area (Å²) in [4.78, 5) is 25.6. The molecule has 3 aromatic rings. The van der Waals surface area contributed by atoms with E-state index in [1.165, 1.54) is 36.6 Å². The number of methoxy groups -OCH3 is 1. The lowest BCUT2D eigenvalue weighted by atomic mass is 9.98. The van der Waals surface area contributed by atoms with Gasteiger partial charge in [0.25, 0.3) is 0 Å². The third kappa shape index (κ3) is 7.15. The van der Waals surface area contributed by atoms with E-state index in [0.717, 1.165) is 5.01 Å². The van der Waals surface area contributed by atoms with Crippen molar-refractivity contribution in [3.63, 3.8) is 0 Å².